The number of alkyl halides is 2. The van der Waals surface area contributed by atoms with Crippen LogP contribution in [0.5, 0.6) is 0 Å². The molecule has 1 aromatic heterocycles. The second-order valence-corrected chi connectivity index (χ2v) is 2.82. The van der Waals surface area contributed by atoms with E-state index in [1.807, 2.05) is 0 Å². The maximum Gasteiger partial charge on any atom is 0.260 e. The Hall–Kier alpha value is -1.01. The summed E-state index contributed by atoms with van der Waals surface area (Å²) in [4.78, 5) is 0. The van der Waals surface area contributed by atoms with Gasteiger partial charge in [0.2, 0.25) is 0 Å². The van der Waals surface area contributed by atoms with Gasteiger partial charge in [-0.15, -0.1) is 0 Å². The van der Waals surface area contributed by atoms with Crippen LogP contribution in [-0.2, 0) is 7.05 Å². The zero-order chi connectivity index (χ0) is 10.0. The SMILES string of the molecule is Cc1cnn(C)c1C(NN)C(F)F. The lowest BCUT2D eigenvalue weighted by atomic mass is 10.1. The van der Waals surface area contributed by atoms with Crippen LogP contribution in [0.2, 0.25) is 0 Å². The molecule has 1 atom stereocenters. The number of aromatic nitrogens is 2. The van der Waals surface area contributed by atoms with Gasteiger partial charge in [0.15, 0.2) is 0 Å². The largest absolute Gasteiger partial charge is 0.271 e. The molecule has 1 aromatic rings. The van der Waals surface area contributed by atoms with Crippen molar-refractivity contribution in [3.63, 3.8) is 0 Å². The van der Waals surface area contributed by atoms with Gasteiger partial charge in [0.1, 0.15) is 6.04 Å². The molecule has 1 unspecified atom stereocenters. The van der Waals surface area contributed by atoms with Crippen molar-refractivity contribution < 1.29 is 8.78 Å². The quantitative estimate of drug-likeness (QED) is 0.539. The average molecular weight is 190 g/mol. The number of nitrogens with zero attached hydrogens (tertiary/aromatic N) is 2. The lowest BCUT2D eigenvalue weighted by molar-refractivity contribution is 0.0946. The minimum atomic E-state index is -2.54. The summed E-state index contributed by atoms with van der Waals surface area (Å²) in [5.74, 6) is 5.03. The van der Waals surface area contributed by atoms with Crippen molar-refractivity contribution in [3.8, 4) is 0 Å². The van der Waals surface area contributed by atoms with Crippen LogP contribution < -0.4 is 11.3 Å². The molecule has 3 N–H and O–H groups in total. The first-order valence-electron chi connectivity index (χ1n) is 3.80. The molecular weight excluding hydrogens is 178 g/mol. The molecule has 74 valence electrons. The Morgan fingerprint density at radius 3 is 2.54 bits per heavy atom. The van der Waals surface area contributed by atoms with Crippen LogP contribution in [-0.4, -0.2) is 16.2 Å². The summed E-state index contributed by atoms with van der Waals surface area (Å²) in [6, 6.07) is -1.16. The van der Waals surface area contributed by atoms with E-state index in [1.54, 1.807) is 14.0 Å². The number of hydrogen-bond acceptors (Lipinski definition) is 3. The minimum Gasteiger partial charge on any atom is -0.271 e. The summed E-state index contributed by atoms with van der Waals surface area (Å²) in [5.41, 5.74) is 3.19. The Kier molecular flexibility index (Phi) is 2.94. The van der Waals surface area contributed by atoms with Gasteiger partial charge in [0.05, 0.1) is 11.9 Å². The molecule has 0 spiro atoms. The number of hydrogen-bond donors (Lipinski definition) is 2. The molecule has 1 heterocycles. The molecule has 0 aromatic carbocycles. The standard InChI is InChI=1S/C7H12F2N4/c1-4-3-11-13(2)6(4)5(12-10)7(8)9/h3,5,7,12H,10H2,1-2H3. The van der Waals surface area contributed by atoms with Crippen LogP contribution >= 0.6 is 0 Å². The van der Waals surface area contributed by atoms with E-state index in [0.29, 0.717) is 11.3 Å². The molecule has 4 nitrogen and oxygen atoms in total. The van der Waals surface area contributed by atoms with E-state index in [0.717, 1.165) is 0 Å². The third kappa shape index (κ3) is 1.84. The molecule has 0 amide bonds. The number of aryl methyl sites for hydroxylation is 2. The van der Waals surface area contributed by atoms with E-state index in [1.165, 1.54) is 10.9 Å². The third-order valence-electron chi connectivity index (χ3n) is 1.90. The van der Waals surface area contributed by atoms with E-state index in [-0.39, 0.29) is 0 Å². The first-order chi connectivity index (χ1) is 6.07. The molecule has 6 heteroatoms. The zero-order valence-corrected chi connectivity index (χ0v) is 7.46. The van der Waals surface area contributed by atoms with Gasteiger partial charge in [-0.25, -0.2) is 14.2 Å². The van der Waals surface area contributed by atoms with Gasteiger partial charge in [0.25, 0.3) is 6.43 Å². The lowest BCUT2D eigenvalue weighted by Gasteiger charge is -2.15. The maximum absolute atomic E-state index is 12.4. The molecule has 1 rings (SSSR count). The van der Waals surface area contributed by atoms with Crippen molar-refractivity contribution in [1.29, 1.82) is 0 Å². The lowest BCUT2D eigenvalue weighted by Crippen LogP contribution is -2.34. The van der Waals surface area contributed by atoms with Gasteiger partial charge in [-0.1, -0.05) is 0 Å². The Labute approximate surface area is 74.7 Å². The van der Waals surface area contributed by atoms with Gasteiger partial charge < -0.3 is 0 Å². The van der Waals surface area contributed by atoms with Crippen molar-refractivity contribution in [2.75, 3.05) is 0 Å². The highest BCUT2D eigenvalue weighted by molar-refractivity contribution is 5.19. The molecule has 0 radical (unpaired) electrons. The molecule has 0 saturated heterocycles. The fourth-order valence-corrected chi connectivity index (χ4v) is 1.27. The fraction of sp³-hybridized carbons (Fsp3) is 0.571. The molecule has 0 bridgehead atoms. The predicted molar refractivity (Wildman–Crippen MR) is 44.0 cm³/mol. The summed E-state index contributed by atoms with van der Waals surface area (Å²) < 4.78 is 26.3. The van der Waals surface area contributed by atoms with E-state index < -0.39 is 12.5 Å². The molecule has 13 heavy (non-hydrogen) atoms. The van der Waals surface area contributed by atoms with Crippen molar-refractivity contribution in [2.45, 2.75) is 19.4 Å². The first-order valence-corrected chi connectivity index (χ1v) is 3.80. The maximum atomic E-state index is 12.4. The average Bonchev–Trinajstić information content (AvgIpc) is 2.36. The van der Waals surface area contributed by atoms with E-state index in [9.17, 15) is 8.78 Å². The van der Waals surface area contributed by atoms with E-state index in [4.69, 9.17) is 5.84 Å². The summed E-state index contributed by atoms with van der Waals surface area (Å²) in [7, 11) is 1.61. The van der Waals surface area contributed by atoms with Gasteiger partial charge in [-0.05, 0) is 12.5 Å². The molecule has 0 fully saturated rings. The molecular formula is C7H12F2N4. The van der Waals surface area contributed by atoms with Gasteiger partial charge in [-0.2, -0.15) is 5.10 Å². The van der Waals surface area contributed by atoms with Crippen molar-refractivity contribution in [2.24, 2.45) is 12.9 Å². The summed E-state index contributed by atoms with van der Waals surface area (Å²) >= 11 is 0. The van der Waals surface area contributed by atoms with Gasteiger partial charge >= 0.3 is 0 Å². The molecule has 0 saturated carbocycles. The topological polar surface area (TPSA) is 55.9 Å². The molecule has 0 aliphatic heterocycles. The van der Waals surface area contributed by atoms with Crippen LogP contribution in [0.15, 0.2) is 6.20 Å². The minimum absolute atomic E-state index is 0.414. The van der Waals surface area contributed by atoms with Crippen molar-refractivity contribution in [1.82, 2.24) is 15.2 Å². The highest BCUT2D eigenvalue weighted by Crippen LogP contribution is 2.21. The number of rotatable bonds is 3. The fourth-order valence-electron chi connectivity index (χ4n) is 1.27. The number of halogens is 2. The second-order valence-electron chi connectivity index (χ2n) is 2.82. The normalized spacial score (nSPS) is 13.7. The van der Waals surface area contributed by atoms with E-state index >= 15 is 0 Å². The summed E-state index contributed by atoms with van der Waals surface area (Å²) in [6.45, 7) is 1.72. The van der Waals surface area contributed by atoms with Crippen LogP contribution in [0.25, 0.3) is 0 Å². The van der Waals surface area contributed by atoms with Crippen molar-refractivity contribution in [3.05, 3.63) is 17.5 Å². The Bertz CT molecular complexity index is 265. The number of nitrogens with two attached hydrogens (primary N) is 1. The highest BCUT2D eigenvalue weighted by Gasteiger charge is 2.25. The van der Waals surface area contributed by atoms with Gasteiger partial charge in [0, 0.05) is 7.05 Å². The summed E-state index contributed by atoms with van der Waals surface area (Å²) in [6.07, 6.45) is -1.01. The Morgan fingerprint density at radius 1 is 1.62 bits per heavy atom. The predicted octanol–water partition coefficient (Wildman–Crippen LogP) is 0.498. The Morgan fingerprint density at radius 2 is 2.23 bits per heavy atom. The summed E-state index contributed by atoms with van der Waals surface area (Å²) in [5, 5.41) is 3.86. The van der Waals surface area contributed by atoms with Crippen LogP contribution in [0.1, 0.15) is 17.3 Å². The highest BCUT2D eigenvalue weighted by atomic mass is 19.3. The zero-order valence-electron chi connectivity index (χ0n) is 7.46. The Balaban J connectivity index is 3.03. The molecule has 0 aliphatic carbocycles. The number of hydrazine groups is 1. The monoisotopic (exact) mass is 190 g/mol. The van der Waals surface area contributed by atoms with Crippen LogP contribution in [0, 0.1) is 6.92 Å². The van der Waals surface area contributed by atoms with Crippen LogP contribution in [0.3, 0.4) is 0 Å². The smallest absolute Gasteiger partial charge is 0.260 e. The molecule has 0 aliphatic rings. The van der Waals surface area contributed by atoms with Crippen LogP contribution in [0.4, 0.5) is 8.78 Å². The third-order valence-corrected chi connectivity index (χ3v) is 1.90. The second kappa shape index (κ2) is 3.80. The van der Waals surface area contributed by atoms with Crippen molar-refractivity contribution >= 4 is 0 Å². The first kappa shape index (κ1) is 10.1. The number of nitrogens with one attached hydrogen (secondary N) is 1. The van der Waals surface area contributed by atoms with E-state index in [2.05, 4.69) is 10.5 Å². The van der Waals surface area contributed by atoms with Gasteiger partial charge in [-0.3, -0.25) is 10.5 Å².